The highest BCUT2D eigenvalue weighted by atomic mass is 16.5. The molecule has 6 nitrogen and oxygen atoms in total. The van der Waals surface area contributed by atoms with E-state index in [4.69, 9.17) is 23.7 Å². The standard InChI is InChI=1S/C25H31NO5/c1-27-21-10-8-16(13-23(21)29-3)20-15-26-12-6-7-17(26)14-19(20)18-9-11-22(28-2)25(31-5)24(18)30-4/h8-11,13,17H,6-7,12,14-15H2,1-5H3. The van der Waals surface area contributed by atoms with E-state index in [2.05, 4.69) is 23.1 Å². The van der Waals surface area contributed by atoms with Crippen molar-refractivity contribution >= 4 is 11.1 Å². The van der Waals surface area contributed by atoms with Crippen LogP contribution >= 0.6 is 0 Å². The van der Waals surface area contributed by atoms with Gasteiger partial charge >= 0.3 is 0 Å². The summed E-state index contributed by atoms with van der Waals surface area (Å²) >= 11 is 0. The summed E-state index contributed by atoms with van der Waals surface area (Å²) in [4.78, 5) is 2.59. The molecule has 6 heteroatoms. The third-order valence-corrected chi connectivity index (χ3v) is 6.43. The largest absolute Gasteiger partial charge is 0.493 e. The Bertz CT molecular complexity index is 984. The van der Waals surface area contributed by atoms with E-state index in [9.17, 15) is 0 Å². The van der Waals surface area contributed by atoms with Crippen LogP contribution in [0.15, 0.2) is 30.3 Å². The maximum Gasteiger partial charge on any atom is 0.203 e. The summed E-state index contributed by atoms with van der Waals surface area (Å²) in [6.45, 7) is 2.03. The van der Waals surface area contributed by atoms with E-state index < -0.39 is 0 Å². The summed E-state index contributed by atoms with van der Waals surface area (Å²) in [5, 5.41) is 0. The lowest BCUT2D eigenvalue weighted by Gasteiger charge is -2.34. The van der Waals surface area contributed by atoms with Gasteiger partial charge in [-0.3, -0.25) is 4.90 Å². The molecule has 0 aromatic heterocycles. The van der Waals surface area contributed by atoms with E-state index in [1.54, 1.807) is 35.5 Å². The minimum Gasteiger partial charge on any atom is -0.493 e. The lowest BCUT2D eigenvalue weighted by molar-refractivity contribution is 0.280. The molecule has 1 unspecified atom stereocenters. The zero-order valence-corrected chi connectivity index (χ0v) is 19.0. The summed E-state index contributed by atoms with van der Waals surface area (Å²) in [6, 6.07) is 10.7. The van der Waals surface area contributed by atoms with Gasteiger partial charge < -0.3 is 23.7 Å². The summed E-state index contributed by atoms with van der Waals surface area (Å²) in [5.41, 5.74) is 4.75. The number of ether oxygens (including phenoxy) is 5. The fourth-order valence-corrected chi connectivity index (χ4v) is 4.89. The van der Waals surface area contributed by atoms with Crippen LogP contribution in [0.5, 0.6) is 28.7 Å². The Morgan fingerprint density at radius 2 is 1.45 bits per heavy atom. The van der Waals surface area contributed by atoms with E-state index in [1.807, 2.05) is 12.1 Å². The van der Waals surface area contributed by atoms with Crippen molar-refractivity contribution in [2.24, 2.45) is 0 Å². The van der Waals surface area contributed by atoms with E-state index in [1.165, 1.54) is 24.0 Å². The molecule has 2 aromatic rings. The first-order chi connectivity index (χ1) is 15.1. The number of rotatable bonds is 7. The molecule has 2 heterocycles. The molecule has 2 aliphatic heterocycles. The molecule has 31 heavy (non-hydrogen) atoms. The quantitative estimate of drug-likeness (QED) is 0.651. The van der Waals surface area contributed by atoms with Crippen molar-refractivity contribution in [2.75, 3.05) is 48.6 Å². The fourth-order valence-electron chi connectivity index (χ4n) is 4.89. The predicted octanol–water partition coefficient (Wildman–Crippen LogP) is 4.51. The first-order valence-electron chi connectivity index (χ1n) is 10.6. The Hall–Kier alpha value is -2.86. The monoisotopic (exact) mass is 425 g/mol. The first-order valence-corrected chi connectivity index (χ1v) is 10.6. The second-order valence-electron chi connectivity index (χ2n) is 7.88. The van der Waals surface area contributed by atoms with Gasteiger partial charge in [-0.05, 0) is 66.8 Å². The van der Waals surface area contributed by atoms with Crippen LogP contribution in [0.25, 0.3) is 11.1 Å². The van der Waals surface area contributed by atoms with Crippen LogP contribution in [-0.4, -0.2) is 59.6 Å². The van der Waals surface area contributed by atoms with Gasteiger partial charge in [-0.15, -0.1) is 0 Å². The van der Waals surface area contributed by atoms with Crippen LogP contribution in [0, 0.1) is 0 Å². The molecular formula is C25H31NO5. The molecule has 0 saturated carbocycles. The lowest BCUT2D eigenvalue weighted by Crippen LogP contribution is -2.35. The van der Waals surface area contributed by atoms with Crippen molar-refractivity contribution in [2.45, 2.75) is 25.3 Å². The Labute approximate surface area is 184 Å². The van der Waals surface area contributed by atoms with E-state index in [-0.39, 0.29) is 0 Å². The second-order valence-corrected chi connectivity index (χ2v) is 7.88. The average molecular weight is 426 g/mol. The molecule has 4 rings (SSSR count). The fraction of sp³-hybridized carbons (Fsp3) is 0.440. The van der Waals surface area contributed by atoms with Gasteiger partial charge in [0, 0.05) is 18.2 Å². The smallest absolute Gasteiger partial charge is 0.203 e. The van der Waals surface area contributed by atoms with Gasteiger partial charge in [0.1, 0.15) is 0 Å². The number of benzene rings is 2. The minimum atomic E-state index is 0.552. The highest BCUT2D eigenvalue weighted by Gasteiger charge is 2.34. The molecule has 1 fully saturated rings. The molecular weight excluding hydrogens is 394 g/mol. The van der Waals surface area contributed by atoms with Crippen molar-refractivity contribution in [1.29, 1.82) is 0 Å². The lowest BCUT2D eigenvalue weighted by atomic mass is 9.85. The SMILES string of the molecule is COc1ccc(C2=C(c3ccc(OC)c(OC)c3OC)CC3CCCN3C2)cc1OC. The Balaban J connectivity index is 1.91. The van der Waals surface area contributed by atoms with Crippen LogP contribution in [0.2, 0.25) is 0 Å². The van der Waals surface area contributed by atoms with Crippen LogP contribution < -0.4 is 23.7 Å². The van der Waals surface area contributed by atoms with Gasteiger partial charge in [0.15, 0.2) is 23.0 Å². The summed E-state index contributed by atoms with van der Waals surface area (Å²) in [6.07, 6.45) is 3.42. The first kappa shape index (κ1) is 21.4. The number of fused-ring (bicyclic) bond motifs is 1. The van der Waals surface area contributed by atoms with E-state index in [0.717, 1.165) is 42.1 Å². The molecule has 0 bridgehead atoms. The van der Waals surface area contributed by atoms with Crippen molar-refractivity contribution in [3.05, 3.63) is 41.5 Å². The average Bonchev–Trinajstić information content (AvgIpc) is 3.29. The van der Waals surface area contributed by atoms with Crippen LogP contribution in [-0.2, 0) is 0 Å². The molecule has 1 atom stereocenters. The van der Waals surface area contributed by atoms with Gasteiger partial charge in [0.2, 0.25) is 5.75 Å². The number of hydrogen-bond acceptors (Lipinski definition) is 6. The molecule has 0 spiro atoms. The Kier molecular flexibility index (Phi) is 6.28. The molecule has 1 saturated heterocycles. The van der Waals surface area contributed by atoms with Gasteiger partial charge in [-0.2, -0.15) is 0 Å². The minimum absolute atomic E-state index is 0.552. The summed E-state index contributed by atoms with van der Waals surface area (Å²) < 4.78 is 28.0. The number of methoxy groups -OCH3 is 5. The maximum atomic E-state index is 5.84. The molecule has 166 valence electrons. The van der Waals surface area contributed by atoms with Crippen molar-refractivity contribution in [1.82, 2.24) is 4.90 Å². The molecule has 2 aliphatic rings. The van der Waals surface area contributed by atoms with Crippen LogP contribution in [0.3, 0.4) is 0 Å². The van der Waals surface area contributed by atoms with E-state index in [0.29, 0.717) is 23.3 Å². The van der Waals surface area contributed by atoms with Gasteiger partial charge in [-0.1, -0.05) is 6.07 Å². The number of nitrogens with zero attached hydrogens (tertiary/aromatic N) is 1. The van der Waals surface area contributed by atoms with Gasteiger partial charge in [0.25, 0.3) is 0 Å². The Morgan fingerprint density at radius 3 is 2.13 bits per heavy atom. The molecule has 0 aliphatic carbocycles. The highest BCUT2D eigenvalue weighted by molar-refractivity contribution is 5.95. The Morgan fingerprint density at radius 1 is 0.742 bits per heavy atom. The number of hydrogen-bond donors (Lipinski definition) is 0. The zero-order chi connectivity index (χ0) is 22.0. The van der Waals surface area contributed by atoms with Crippen molar-refractivity contribution < 1.29 is 23.7 Å². The molecule has 2 aromatic carbocycles. The molecule has 0 radical (unpaired) electrons. The van der Waals surface area contributed by atoms with Gasteiger partial charge in [-0.25, -0.2) is 0 Å². The van der Waals surface area contributed by atoms with Crippen molar-refractivity contribution in [3.63, 3.8) is 0 Å². The van der Waals surface area contributed by atoms with Crippen molar-refractivity contribution in [3.8, 4) is 28.7 Å². The zero-order valence-electron chi connectivity index (χ0n) is 19.0. The third-order valence-electron chi connectivity index (χ3n) is 6.43. The molecule has 0 amide bonds. The summed E-state index contributed by atoms with van der Waals surface area (Å²) in [7, 11) is 8.30. The summed E-state index contributed by atoms with van der Waals surface area (Å²) in [5.74, 6) is 3.45. The second kappa shape index (κ2) is 9.10. The maximum absolute atomic E-state index is 5.84. The topological polar surface area (TPSA) is 49.4 Å². The molecule has 0 N–H and O–H groups in total. The predicted molar refractivity (Wildman–Crippen MR) is 122 cm³/mol. The van der Waals surface area contributed by atoms with Crippen LogP contribution in [0.1, 0.15) is 30.4 Å². The third kappa shape index (κ3) is 3.81. The normalized spacial score (nSPS) is 18.5. The van der Waals surface area contributed by atoms with Crippen LogP contribution in [0.4, 0.5) is 0 Å². The van der Waals surface area contributed by atoms with Gasteiger partial charge in [0.05, 0.1) is 35.5 Å². The van der Waals surface area contributed by atoms with E-state index >= 15 is 0 Å². The highest BCUT2D eigenvalue weighted by Crippen LogP contribution is 2.48.